The van der Waals surface area contributed by atoms with Crippen LogP contribution in [0.2, 0.25) is 0 Å². The monoisotopic (exact) mass is 409 g/mol. The van der Waals surface area contributed by atoms with Crippen LogP contribution in [-0.4, -0.2) is 41.3 Å². The molecule has 2 N–H and O–H groups in total. The van der Waals surface area contributed by atoms with Gasteiger partial charge in [0.2, 0.25) is 0 Å². The molecule has 2 aromatic carbocycles. The molecule has 0 aliphatic heterocycles. The van der Waals surface area contributed by atoms with Gasteiger partial charge < -0.3 is 19.9 Å². The van der Waals surface area contributed by atoms with Crippen molar-refractivity contribution in [2.75, 3.05) is 27.1 Å². The molecule has 0 aliphatic carbocycles. The van der Waals surface area contributed by atoms with Gasteiger partial charge in [-0.05, 0) is 24.3 Å². The highest BCUT2D eigenvalue weighted by atomic mass is 32.1. The van der Waals surface area contributed by atoms with Crippen LogP contribution in [-0.2, 0) is 0 Å². The summed E-state index contributed by atoms with van der Waals surface area (Å²) in [5, 5.41) is 11.1. The zero-order valence-corrected chi connectivity index (χ0v) is 16.9. The van der Waals surface area contributed by atoms with E-state index in [0.29, 0.717) is 33.7 Å². The summed E-state index contributed by atoms with van der Waals surface area (Å²) in [4.78, 5) is 4.68. The van der Waals surface area contributed by atoms with Gasteiger partial charge in [-0.2, -0.15) is 4.68 Å². The highest BCUT2D eigenvalue weighted by molar-refractivity contribution is 7.13. The van der Waals surface area contributed by atoms with Gasteiger partial charge in [-0.1, -0.05) is 17.3 Å². The van der Waals surface area contributed by atoms with Crippen molar-refractivity contribution in [3.8, 4) is 44.9 Å². The van der Waals surface area contributed by atoms with Crippen molar-refractivity contribution in [3.05, 3.63) is 47.8 Å². The van der Waals surface area contributed by atoms with Crippen LogP contribution in [0.5, 0.6) is 17.2 Å². The largest absolute Gasteiger partial charge is 0.497 e. The van der Waals surface area contributed by atoms with Crippen LogP contribution >= 0.6 is 11.3 Å². The van der Waals surface area contributed by atoms with Gasteiger partial charge in [0.05, 0.1) is 27.0 Å². The molecule has 9 heteroatoms. The van der Waals surface area contributed by atoms with Crippen molar-refractivity contribution >= 4 is 17.2 Å². The molecule has 0 bridgehead atoms. The Bertz CT molecular complexity index is 1150. The summed E-state index contributed by atoms with van der Waals surface area (Å²) < 4.78 is 17.5. The quantitative estimate of drug-likeness (QED) is 0.519. The molecule has 0 aliphatic rings. The summed E-state index contributed by atoms with van der Waals surface area (Å²) in [6.07, 6.45) is 0. The Labute approximate surface area is 171 Å². The molecule has 0 saturated heterocycles. The smallest absolute Gasteiger partial charge is 0.165 e. The van der Waals surface area contributed by atoms with E-state index in [4.69, 9.17) is 19.9 Å². The molecule has 29 heavy (non-hydrogen) atoms. The summed E-state index contributed by atoms with van der Waals surface area (Å²) in [5.74, 6) is 2.40. The van der Waals surface area contributed by atoms with Crippen LogP contribution in [0.15, 0.2) is 47.8 Å². The van der Waals surface area contributed by atoms with Gasteiger partial charge in [0.25, 0.3) is 0 Å². The van der Waals surface area contributed by atoms with E-state index in [-0.39, 0.29) is 0 Å². The summed E-state index contributed by atoms with van der Waals surface area (Å²) in [5.41, 5.74) is 9.27. The van der Waals surface area contributed by atoms with Crippen molar-refractivity contribution in [3.63, 3.8) is 0 Å². The minimum Gasteiger partial charge on any atom is -0.497 e. The van der Waals surface area contributed by atoms with Crippen LogP contribution in [0.1, 0.15) is 0 Å². The van der Waals surface area contributed by atoms with Crippen LogP contribution in [0.25, 0.3) is 27.6 Å². The van der Waals surface area contributed by atoms with Crippen LogP contribution < -0.4 is 19.9 Å². The van der Waals surface area contributed by atoms with Gasteiger partial charge in [-0.3, -0.25) is 0 Å². The predicted molar refractivity (Wildman–Crippen MR) is 112 cm³/mol. The molecular formula is C20H19N5O3S. The van der Waals surface area contributed by atoms with Gasteiger partial charge in [-0.15, -0.1) is 16.4 Å². The number of nitrogens with zero attached hydrogens (tertiary/aromatic N) is 4. The first-order valence-electron chi connectivity index (χ1n) is 8.68. The third-order valence-corrected chi connectivity index (χ3v) is 5.24. The second kappa shape index (κ2) is 7.80. The normalized spacial score (nSPS) is 10.7. The molecule has 8 nitrogen and oxygen atoms in total. The molecule has 0 saturated carbocycles. The number of nitrogens with two attached hydrogens (primary N) is 1. The molecule has 4 rings (SSSR count). The van der Waals surface area contributed by atoms with Crippen molar-refractivity contribution in [1.82, 2.24) is 20.0 Å². The molecule has 4 aromatic rings. The van der Waals surface area contributed by atoms with Crippen molar-refractivity contribution < 1.29 is 14.2 Å². The van der Waals surface area contributed by atoms with E-state index >= 15 is 0 Å². The van der Waals surface area contributed by atoms with Crippen LogP contribution in [0, 0.1) is 0 Å². The highest BCUT2D eigenvalue weighted by Crippen LogP contribution is 2.35. The van der Waals surface area contributed by atoms with Gasteiger partial charge >= 0.3 is 0 Å². The van der Waals surface area contributed by atoms with Crippen molar-refractivity contribution in [2.24, 2.45) is 0 Å². The second-order valence-electron chi connectivity index (χ2n) is 6.04. The molecule has 0 radical (unpaired) electrons. The molecule has 0 atom stereocenters. The van der Waals surface area contributed by atoms with E-state index in [0.717, 1.165) is 17.0 Å². The van der Waals surface area contributed by atoms with Crippen molar-refractivity contribution in [2.45, 2.75) is 0 Å². The molecule has 2 aromatic heterocycles. The Morgan fingerprint density at radius 3 is 2.52 bits per heavy atom. The number of thiazole rings is 1. The van der Waals surface area contributed by atoms with E-state index in [1.54, 1.807) is 39.5 Å². The number of methoxy groups -OCH3 is 3. The Kier molecular flexibility index (Phi) is 5.05. The van der Waals surface area contributed by atoms with Crippen LogP contribution in [0.3, 0.4) is 0 Å². The van der Waals surface area contributed by atoms with Gasteiger partial charge in [0.15, 0.2) is 11.5 Å². The van der Waals surface area contributed by atoms with Crippen LogP contribution in [0.4, 0.5) is 5.82 Å². The highest BCUT2D eigenvalue weighted by Gasteiger charge is 2.19. The number of ether oxygens (including phenoxy) is 3. The molecular weight excluding hydrogens is 390 g/mol. The van der Waals surface area contributed by atoms with E-state index in [2.05, 4.69) is 15.3 Å². The number of rotatable bonds is 6. The van der Waals surface area contributed by atoms with E-state index in [1.807, 2.05) is 29.6 Å². The van der Waals surface area contributed by atoms with E-state index in [1.165, 1.54) is 16.0 Å². The molecule has 0 amide bonds. The zero-order chi connectivity index (χ0) is 20.4. The summed E-state index contributed by atoms with van der Waals surface area (Å²) in [6.45, 7) is 0. The Balaban J connectivity index is 1.72. The van der Waals surface area contributed by atoms with Gasteiger partial charge in [-0.25, -0.2) is 4.98 Å². The second-order valence-corrected chi connectivity index (χ2v) is 6.90. The molecule has 0 fully saturated rings. The predicted octanol–water partition coefficient (Wildman–Crippen LogP) is 3.67. The third-order valence-electron chi connectivity index (χ3n) is 4.39. The fourth-order valence-corrected chi connectivity index (χ4v) is 3.70. The number of anilines is 1. The number of hydrogen-bond acceptors (Lipinski definition) is 8. The lowest BCUT2D eigenvalue weighted by Crippen LogP contribution is -2.05. The average molecular weight is 409 g/mol. The fourth-order valence-electron chi connectivity index (χ4n) is 2.88. The lowest BCUT2D eigenvalue weighted by atomic mass is 10.2. The van der Waals surface area contributed by atoms with Crippen molar-refractivity contribution in [1.29, 1.82) is 0 Å². The van der Waals surface area contributed by atoms with E-state index < -0.39 is 0 Å². The summed E-state index contributed by atoms with van der Waals surface area (Å²) in [6, 6.07) is 13.1. The number of aromatic nitrogens is 4. The SMILES string of the molecule is COc1cccc(-c2csc(-c3nnn(-c4cc(OC)ccc4OC)c3N)n2)c1. The van der Waals surface area contributed by atoms with Gasteiger partial charge in [0.1, 0.15) is 27.9 Å². The number of hydrogen-bond donors (Lipinski definition) is 1. The standard InChI is InChI=1S/C20H19N5O3S/c1-26-13-6-4-5-12(9-13)15-11-29-20(22-15)18-19(21)25(24-23-18)16-10-14(27-2)7-8-17(16)28-3/h4-11H,21H2,1-3H3. The van der Waals surface area contributed by atoms with E-state index in [9.17, 15) is 0 Å². The first kappa shape index (κ1) is 18.8. The Morgan fingerprint density at radius 2 is 1.76 bits per heavy atom. The lowest BCUT2D eigenvalue weighted by molar-refractivity contribution is 0.400. The zero-order valence-electron chi connectivity index (χ0n) is 16.1. The van der Waals surface area contributed by atoms with Gasteiger partial charge in [0, 0.05) is 17.0 Å². The fraction of sp³-hybridized carbons (Fsp3) is 0.150. The average Bonchev–Trinajstić information content (AvgIpc) is 3.40. The lowest BCUT2D eigenvalue weighted by Gasteiger charge is -2.10. The maximum absolute atomic E-state index is 6.36. The topological polar surface area (TPSA) is 97.3 Å². The Morgan fingerprint density at radius 1 is 0.966 bits per heavy atom. The first-order chi connectivity index (χ1) is 14.1. The summed E-state index contributed by atoms with van der Waals surface area (Å²) in [7, 11) is 4.81. The molecule has 0 spiro atoms. The number of nitrogen functional groups attached to an aromatic ring is 1. The maximum atomic E-state index is 6.36. The minimum absolute atomic E-state index is 0.364. The molecule has 0 unspecified atom stereocenters. The summed E-state index contributed by atoms with van der Waals surface area (Å²) >= 11 is 1.45. The maximum Gasteiger partial charge on any atom is 0.165 e. The number of benzene rings is 2. The Hall–Kier alpha value is -3.59. The third kappa shape index (κ3) is 3.47. The first-order valence-corrected chi connectivity index (χ1v) is 9.56. The minimum atomic E-state index is 0.364. The molecule has 2 heterocycles. The molecule has 148 valence electrons.